The Kier molecular flexibility index (Phi) is 4.96. The van der Waals surface area contributed by atoms with Crippen LogP contribution in [0.1, 0.15) is 52.9 Å². The molecule has 1 rings (SSSR count). The summed E-state index contributed by atoms with van der Waals surface area (Å²) in [4.78, 5) is 23.2. The van der Waals surface area contributed by atoms with Crippen molar-refractivity contribution in [3.63, 3.8) is 0 Å². The fraction of sp³-hybridized carbons (Fsp3) is 0.857. The third-order valence-corrected chi connectivity index (χ3v) is 3.80. The molecule has 0 aromatic heterocycles. The smallest absolute Gasteiger partial charge is 0.305 e. The van der Waals surface area contributed by atoms with Crippen molar-refractivity contribution in [3.8, 4) is 0 Å². The fourth-order valence-electron chi connectivity index (χ4n) is 2.59. The summed E-state index contributed by atoms with van der Waals surface area (Å²) in [6.45, 7) is 6.45. The zero-order chi connectivity index (χ0) is 14.7. The van der Waals surface area contributed by atoms with Crippen LogP contribution in [0.25, 0.3) is 0 Å². The Bertz CT molecular complexity index is 338. The number of nitrogens with two attached hydrogens (primary N) is 1. The van der Waals surface area contributed by atoms with Gasteiger partial charge in [-0.15, -0.1) is 0 Å². The third-order valence-electron chi connectivity index (χ3n) is 3.80. The average molecular weight is 270 g/mol. The van der Waals surface area contributed by atoms with Crippen LogP contribution < -0.4 is 11.1 Å². The molecule has 0 radical (unpaired) electrons. The molecule has 1 aliphatic carbocycles. The molecule has 0 heterocycles. The van der Waals surface area contributed by atoms with Crippen LogP contribution in [-0.4, -0.2) is 29.6 Å². The zero-order valence-corrected chi connectivity index (χ0v) is 12.2. The van der Waals surface area contributed by atoms with E-state index in [0.717, 1.165) is 19.3 Å². The van der Waals surface area contributed by atoms with Crippen LogP contribution in [0.4, 0.5) is 0 Å². The summed E-state index contributed by atoms with van der Waals surface area (Å²) < 4.78 is 0. The van der Waals surface area contributed by atoms with Crippen LogP contribution in [0, 0.1) is 10.8 Å². The molecular weight excluding hydrogens is 244 g/mol. The van der Waals surface area contributed by atoms with Gasteiger partial charge >= 0.3 is 5.97 Å². The summed E-state index contributed by atoms with van der Waals surface area (Å²) in [6, 6.07) is -0.325. The summed E-state index contributed by atoms with van der Waals surface area (Å²) >= 11 is 0. The molecule has 5 heteroatoms. The van der Waals surface area contributed by atoms with Crippen molar-refractivity contribution in [1.29, 1.82) is 0 Å². The van der Waals surface area contributed by atoms with Crippen LogP contribution >= 0.6 is 0 Å². The number of amides is 1. The molecular formula is C14H26N2O3. The Hall–Kier alpha value is -1.10. The summed E-state index contributed by atoms with van der Waals surface area (Å²) in [5.41, 5.74) is 5.22. The first kappa shape index (κ1) is 16.0. The van der Waals surface area contributed by atoms with Gasteiger partial charge < -0.3 is 16.2 Å². The maximum absolute atomic E-state index is 12.3. The van der Waals surface area contributed by atoms with Gasteiger partial charge in [-0.2, -0.15) is 0 Å². The van der Waals surface area contributed by atoms with E-state index in [1.165, 1.54) is 0 Å². The molecule has 1 atom stereocenters. The molecule has 1 aliphatic rings. The zero-order valence-electron chi connectivity index (χ0n) is 12.2. The predicted octanol–water partition coefficient (Wildman–Crippen LogP) is 1.51. The van der Waals surface area contributed by atoms with E-state index in [9.17, 15) is 9.59 Å². The highest BCUT2D eigenvalue weighted by atomic mass is 16.4. The quantitative estimate of drug-likeness (QED) is 0.682. The molecule has 4 N–H and O–H groups in total. The molecule has 5 nitrogen and oxygen atoms in total. The number of carboxylic acid groups (broad SMARTS) is 1. The largest absolute Gasteiger partial charge is 0.481 e. The highest BCUT2D eigenvalue weighted by Gasteiger charge is 2.43. The molecule has 0 spiro atoms. The summed E-state index contributed by atoms with van der Waals surface area (Å²) in [6.07, 6.45) is 3.25. The molecule has 0 saturated heterocycles. The Morgan fingerprint density at radius 3 is 2.26 bits per heavy atom. The number of carboxylic acids is 1. The van der Waals surface area contributed by atoms with Crippen LogP contribution in [0.3, 0.4) is 0 Å². The van der Waals surface area contributed by atoms with E-state index in [0.29, 0.717) is 13.0 Å². The lowest BCUT2D eigenvalue weighted by Gasteiger charge is -2.40. The Labute approximate surface area is 114 Å². The maximum atomic E-state index is 12.3. The second-order valence-electron chi connectivity index (χ2n) is 6.87. The number of carbonyl (C=O) groups is 2. The maximum Gasteiger partial charge on any atom is 0.305 e. The minimum atomic E-state index is -0.884. The number of carbonyl (C=O) groups excluding carboxylic acids is 1. The van der Waals surface area contributed by atoms with Gasteiger partial charge in [-0.25, -0.2) is 0 Å². The molecule has 1 saturated carbocycles. The second kappa shape index (κ2) is 5.90. The Morgan fingerprint density at radius 1 is 1.37 bits per heavy atom. The standard InChI is InChI=1S/C14H26N2O3/c1-13(2,3)8-10(7-11(17)18)16-12(19)14(9-15)5-4-6-14/h10H,4-9,15H2,1-3H3,(H,16,19)(H,17,18). The summed E-state index contributed by atoms with van der Waals surface area (Å²) in [5, 5.41) is 11.8. The van der Waals surface area contributed by atoms with Crippen molar-refractivity contribution < 1.29 is 14.7 Å². The van der Waals surface area contributed by atoms with E-state index in [1.54, 1.807) is 0 Å². The van der Waals surface area contributed by atoms with E-state index >= 15 is 0 Å². The summed E-state index contributed by atoms with van der Waals surface area (Å²) in [5.74, 6) is -0.957. The SMILES string of the molecule is CC(C)(C)CC(CC(=O)O)NC(=O)C1(CN)CCC1. The topological polar surface area (TPSA) is 92.4 Å². The molecule has 19 heavy (non-hydrogen) atoms. The van der Waals surface area contributed by atoms with E-state index < -0.39 is 11.4 Å². The van der Waals surface area contributed by atoms with Gasteiger partial charge in [0.1, 0.15) is 0 Å². The molecule has 1 fully saturated rings. The second-order valence-corrected chi connectivity index (χ2v) is 6.87. The highest BCUT2D eigenvalue weighted by Crippen LogP contribution is 2.40. The number of hydrogen-bond donors (Lipinski definition) is 3. The van der Waals surface area contributed by atoms with E-state index in [2.05, 4.69) is 5.32 Å². The van der Waals surface area contributed by atoms with Gasteiger partial charge in [0.2, 0.25) is 5.91 Å². The monoisotopic (exact) mass is 270 g/mol. The van der Waals surface area contributed by atoms with Gasteiger partial charge in [-0.1, -0.05) is 27.2 Å². The van der Waals surface area contributed by atoms with Gasteiger partial charge in [-0.3, -0.25) is 9.59 Å². The van der Waals surface area contributed by atoms with Gasteiger partial charge in [0.05, 0.1) is 11.8 Å². The van der Waals surface area contributed by atoms with E-state index in [-0.39, 0.29) is 23.8 Å². The van der Waals surface area contributed by atoms with Crippen LogP contribution in [0.5, 0.6) is 0 Å². The first-order valence-electron chi connectivity index (χ1n) is 6.91. The minimum Gasteiger partial charge on any atom is -0.481 e. The van der Waals surface area contributed by atoms with Gasteiger partial charge in [-0.05, 0) is 24.7 Å². The third kappa shape index (κ3) is 4.49. The number of nitrogens with one attached hydrogen (secondary N) is 1. The number of rotatable bonds is 6. The average Bonchev–Trinajstić information content (AvgIpc) is 2.11. The normalized spacial score (nSPS) is 19.4. The van der Waals surface area contributed by atoms with Gasteiger partial charge in [0.15, 0.2) is 0 Å². The molecule has 0 bridgehead atoms. The molecule has 0 aromatic carbocycles. The van der Waals surface area contributed by atoms with Crippen molar-refractivity contribution in [3.05, 3.63) is 0 Å². The predicted molar refractivity (Wildman–Crippen MR) is 73.6 cm³/mol. The fourth-order valence-corrected chi connectivity index (χ4v) is 2.59. The number of hydrogen-bond acceptors (Lipinski definition) is 3. The van der Waals surface area contributed by atoms with Gasteiger partial charge in [0, 0.05) is 12.6 Å². The van der Waals surface area contributed by atoms with Crippen molar-refractivity contribution in [2.75, 3.05) is 6.54 Å². The van der Waals surface area contributed by atoms with E-state index in [4.69, 9.17) is 10.8 Å². The Balaban J connectivity index is 2.66. The molecule has 0 aromatic rings. The van der Waals surface area contributed by atoms with E-state index in [1.807, 2.05) is 20.8 Å². The molecule has 1 amide bonds. The van der Waals surface area contributed by atoms with Crippen molar-refractivity contribution in [2.45, 2.75) is 58.9 Å². The highest BCUT2D eigenvalue weighted by molar-refractivity contribution is 5.84. The van der Waals surface area contributed by atoms with Crippen LogP contribution in [0.15, 0.2) is 0 Å². The first-order chi connectivity index (χ1) is 8.68. The lowest BCUT2D eigenvalue weighted by Crippen LogP contribution is -2.53. The minimum absolute atomic E-state index is 0.0249. The van der Waals surface area contributed by atoms with Gasteiger partial charge in [0.25, 0.3) is 0 Å². The number of aliphatic carboxylic acids is 1. The van der Waals surface area contributed by atoms with Crippen LogP contribution in [-0.2, 0) is 9.59 Å². The lowest BCUT2D eigenvalue weighted by molar-refractivity contribution is -0.139. The van der Waals surface area contributed by atoms with Crippen molar-refractivity contribution >= 4 is 11.9 Å². The molecule has 1 unspecified atom stereocenters. The molecule has 0 aliphatic heterocycles. The summed E-state index contributed by atoms with van der Waals surface area (Å²) in [7, 11) is 0. The lowest BCUT2D eigenvalue weighted by atomic mass is 9.68. The molecule has 110 valence electrons. The van der Waals surface area contributed by atoms with Crippen LogP contribution in [0.2, 0.25) is 0 Å². The van der Waals surface area contributed by atoms with Crippen molar-refractivity contribution in [2.24, 2.45) is 16.6 Å². The van der Waals surface area contributed by atoms with Crippen molar-refractivity contribution in [1.82, 2.24) is 5.32 Å². The first-order valence-corrected chi connectivity index (χ1v) is 6.91. The Morgan fingerprint density at radius 2 is 1.95 bits per heavy atom.